The Kier molecular flexibility index (Phi) is 9.84. The van der Waals surface area contributed by atoms with Gasteiger partial charge >= 0.3 is 0 Å². The number of carbonyl (C=O) groups excluding carboxylic acids is 2. The summed E-state index contributed by atoms with van der Waals surface area (Å²) in [6, 6.07) is 8.83. The van der Waals surface area contributed by atoms with Gasteiger partial charge in [0.05, 0.1) is 16.1 Å². The van der Waals surface area contributed by atoms with Gasteiger partial charge in [0.2, 0.25) is 6.41 Å². The highest BCUT2D eigenvalue weighted by atomic mass is 35.5. The second kappa shape index (κ2) is 13.7. The van der Waals surface area contributed by atoms with E-state index < -0.39 is 12.8 Å². The third-order valence-electron chi connectivity index (χ3n) is 8.14. The molecule has 2 amide bonds. The van der Waals surface area contributed by atoms with Crippen molar-refractivity contribution in [2.45, 2.75) is 51.6 Å². The smallest absolute Gasteiger partial charge is 0.256 e. The molecule has 1 saturated heterocycles. The Labute approximate surface area is 255 Å². The van der Waals surface area contributed by atoms with Crippen molar-refractivity contribution in [2.75, 3.05) is 39.8 Å². The maximum absolute atomic E-state index is 13.0. The number of halogens is 2. The Balaban J connectivity index is 1.30. The maximum atomic E-state index is 13.0. The molecule has 1 fully saturated rings. The van der Waals surface area contributed by atoms with Crippen molar-refractivity contribution < 1.29 is 23.8 Å². The molecule has 0 saturated carbocycles. The lowest BCUT2D eigenvalue weighted by Crippen LogP contribution is -2.42. The quantitative estimate of drug-likeness (QED) is 0.232. The fourth-order valence-electron chi connectivity index (χ4n) is 5.58. The molecule has 2 aliphatic heterocycles. The molecular weight excluding hydrogens is 575 g/mol. The van der Waals surface area contributed by atoms with E-state index in [4.69, 9.17) is 21.3 Å². The summed E-state index contributed by atoms with van der Waals surface area (Å²) >= 11 is 6.14. The van der Waals surface area contributed by atoms with Crippen LogP contribution in [0.3, 0.4) is 0 Å². The molecule has 12 heteroatoms. The summed E-state index contributed by atoms with van der Waals surface area (Å²) in [5.41, 5.74) is 5.01. The van der Waals surface area contributed by atoms with Crippen LogP contribution in [0.1, 0.15) is 41.8 Å². The molecule has 0 radical (unpaired) electrons. The fraction of sp³-hybridized carbons (Fsp3) is 0.452. The minimum atomic E-state index is -0.921. The van der Waals surface area contributed by atoms with Crippen molar-refractivity contribution in [3.05, 3.63) is 63.6 Å². The normalized spacial score (nSPS) is 17.2. The lowest BCUT2D eigenvalue weighted by atomic mass is 10.0. The molecule has 230 valence electrons. The van der Waals surface area contributed by atoms with E-state index in [1.807, 2.05) is 24.0 Å². The largest absolute Gasteiger partial charge is 0.489 e. The number of carbonyl (C=O) groups is 2. The lowest BCUT2D eigenvalue weighted by Gasteiger charge is -2.35. The number of benzene rings is 2. The summed E-state index contributed by atoms with van der Waals surface area (Å²) < 4.78 is 18.6. The lowest BCUT2D eigenvalue weighted by molar-refractivity contribution is -0.121. The van der Waals surface area contributed by atoms with Gasteiger partial charge in [0, 0.05) is 37.8 Å². The summed E-state index contributed by atoms with van der Waals surface area (Å²) in [5.74, 6) is 0.460. The molecule has 10 nitrogen and oxygen atoms in total. The monoisotopic (exact) mass is 612 g/mol. The number of amides is 2. The van der Waals surface area contributed by atoms with Gasteiger partial charge in [-0.1, -0.05) is 17.7 Å². The van der Waals surface area contributed by atoms with E-state index in [0.717, 1.165) is 49.0 Å². The van der Waals surface area contributed by atoms with Gasteiger partial charge in [0.25, 0.3) is 5.91 Å². The topological polar surface area (TPSA) is 123 Å². The summed E-state index contributed by atoms with van der Waals surface area (Å²) in [7, 11) is 2.10. The van der Waals surface area contributed by atoms with Gasteiger partial charge in [0.15, 0.2) is 0 Å². The highest BCUT2D eigenvalue weighted by Gasteiger charge is 2.26. The van der Waals surface area contributed by atoms with Gasteiger partial charge in [-0.2, -0.15) is 0 Å². The molecule has 2 aliphatic rings. The Bertz CT molecular complexity index is 1500. The Morgan fingerprint density at radius 3 is 2.84 bits per heavy atom. The molecule has 5 rings (SSSR count). The maximum Gasteiger partial charge on any atom is 0.256 e. The summed E-state index contributed by atoms with van der Waals surface area (Å²) in [5, 5.41) is 17.0. The average Bonchev–Trinajstić information content (AvgIpc) is 3.40. The Morgan fingerprint density at radius 2 is 2.09 bits per heavy atom. The van der Waals surface area contributed by atoms with Crippen molar-refractivity contribution in [1.29, 1.82) is 0 Å². The number of aliphatic hydroxyl groups excluding tert-OH is 1. The molecule has 0 aliphatic carbocycles. The Morgan fingerprint density at radius 1 is 1.30 bits per heavy atom. The summed E-state index contributed by atoms with van der Waals surface area (Å²) in [6.07, 6.45) is 2.45. The van der Waals surface area contributed by atoms with Crippen LogP contribution < -0.4 is 15.4 Å². The van der Waals surface area contributed by atoms with Crippen LogP contribution in [0.5, 0.6) is 5.75 Å². The predicted molar refractivity (Wildman–Crippen MR) is 163 cm³/mol. The van der Waals surface area contributed by atoms with Crippen LogP contribution in [-0.4, -0.2) is 89.2 Å². The predicted octanol–water partition coefficient (Wildman–Crippen LogP) is 3.31. The number of imidazole rings is 1. The van der Waals surface area contributed by atoms with Crippen LogP contribution in [-0.2, 0) is 22.8 Å². The molecule has 0 spiro atoms. The number of hydrogen-bond donors (Lipinski definition) is 4. The SMILES string of the molecule is Cc1cc2[nH]c(C3=C(NCC(O)COc4cc(CF)ccc4Cl)CCNC3=O)nc2cc1CN(C=O)C1CCN(C)CC1. The van der Waals surface area contributed by atoms with Crippen molar-refractivity contribution in [3.8, 4) is 5.75 Å². The minimum absolute atomic E-state index is 0.0701. The number of hydrogen-bond acceptors (Lipinski definition) is 7. The Hall–Kier alpha value is -3.67. The van der Waals surface area contributed by atoms with Gasteiger partial charge in [-0.05, 0) is 80.9 Å². The molecule has 3 heterocycles. The van der Waals surface area contributed by atoms with Crippen LogP contribution >= 0.6 is 11.6 Å². The van der Waals surface area contributed by atoms with Crippen LogP contribution in [0.25, 0.3) is 16.6 Å². The van der Waals surface area contributed by atoms with E-state index in [2.05, 4.69) is 27.6 Å². The molecule has 1 atom stereocenters. The van der Waals surface area contributed by atoms with Crippen LogP contribution in [0.4, 0.5) is 4.39 Å². The number of alkyl halides is 1. The number of ether oxygens (including phenoxy) is 1. The molecule has 3 aromatic rings. The molecule has 43 heavy (non-hydrogen) atoms. The van der Waals surface area contributed by atoms with Crippen LogP contribution in [0.2, 0.25) is 5.02 Å². The summed E-state index contributed by atoms with van der Waals surface area (Å²) in [6.45, 7) is 4.30. The van der Waals surface area contributed by atoms with Gasteiger partial charge in [-0.3, -0.25) is 9.59 Å². The molecule has 1 aromatic heterocycles. The fourth-order valence-corrected chi connectivity index (χ4v) is 5.75. The van der Waals surface area contributed by atoms with E-state index in [0.29, 0.717) is 58.5 Å². The number of aliphatic hydroxyl groups is 1. The van der Waals surface area contributed by atoms with Gasteiger partial charge in [-0.25, -0.2) is 9.37 Å². The molecule has 0 bridgehead atoms. The molecule has 4 N–H and O–H groups in total. The van der Waals surface area contributed by atoms with Gasteiger partial charge < -0.3 is 35.3 Å². The van der Waals surface area contributed by atoms with Crippen molar-refractivity contribution in [3.63, 3.8) is 0 Å². The molecular formula is C31H38ClFN6O4. The molecule has 2 aromatic carbocycles. The van der Waals surface area contributed by atoms with Crippen LogP contribution in [0, 0.1) is 6.92 Å². The number of aromatic amines is 1. The number of rotatable bonds is 12. The van der Waals surface area contributed by atoms with E-state index in [-0.39, 0.29) is 25.1 Å². The number of likely N-dealkylation sites (tertiary alicyclic amines) is 1. The average molecular weight is 613 g/mol. The van der Waals surface area contributed by atoms with Gasteiger partial charge in [-0.15, -0.1) is 0 Å². The zero-order valence-corrected chi connectivity index (χ0v) is 25.2. The zero-order chi connectivity index (χ0) is 30.5. The van der Waals surface area contributed by atoms with Crippen molar-refractivity contribution in [2.24, 2.45) is 0 Å². The second-order valence-electron chi connectivity index (χ2n) is 11.3. The van der Waals surface area contributed by atoms with Crippen molar-refractivity contribution in [1.82, 2.24) is 30.4 Å². The van der Waals surface area contributed by atoms with E-state index >= 15 is 0 Å². The summed E-state index contributed by atoms with van der Waals surface area (Å²) in [4.78, 5) is 37.2. The number of aryl methyl sites for hydroxylation is 1. The standard InChI is InChI=1S/C31H38ClFN6O4/c1-19-11-26-27(13-21(19)16-39(18-40)22-6-9-38(2)10-7-22)37-30(36-26)29-25(5-8-34-31(29)42)35-15-23(41)17-43-28-12-20(14-33)3-4-24(28)32/h3-4,11-13,18,22-23,35,41H,5-10,14-17H2,1-2H3,(H,34,42)(H,36,37). The number of H-pyrrole nitrogens is 1. The number of fused-ring (bicyclic) bond motifs is 1. The van der Waals surface area contributed by atoms with Crippen molar-refractivity contribution >= 4 is 40.5 Å². The first kappa shape index (κ1) is 30.8. The highest BCUT2D eigenvalue weighted by molar-refractivity contribution is 6.32. The minimum Gasteiger partial charge on any atom is -0.489 e. The number of piperidine rings is 1. The first-order chi connectivity index (χ1) is 20.7. The number of nitrogens with one attached hydrogen (secondary N) is 3. The van der Waals surface area contributed by atoms with E-state index in [9.17, 15) is 19.1 Å². The first-order valence-electron chi connectivity index (χ1n) is 14.6. The number of nitrogens with zero attached hydrogens (tertiary/aromatic N) is 3. The zero-order valence-electron chi connectivity index (χ0n) is 24.5. The van der Waals surface area contributed by atoms with Crippen LogP contribution in [0.15, 0.2) is 36.0 Å². The third kappa shape index (κ3) is 7.29. The van der Waals surface area contributed by atoms with E-state index in [1.165, 1.54) is 6.07 Å². The first-order valence-corrected chi connectivity index (χ1v) is 14.9. The number of aromatic nitrogens is 2. The highest BCUT2D eigenvalue weighted by Crippen LogP contribution is 2.28. The second-order valence-corrected chi connectivity index (χ2v) is 11.7. The third-order valence-corrected chi connectivity index (χ3v) is 8.46. The van der Waals surface area contributed by atoms with E-state index in [1.54, 1.807) is 12.1 Å². The molecule has 1 unspecified atom stereocenters. The van der Waals surface area contributed by atoms with Gasteiger partial charge in [0.1, 0.15) is 36.5 Å².